The van der Waals surface area contributed by atoms with Crippen LogP contribution in [-0.2, 0) is 26.2 Å². The highest BCUT2D eigenvalue weighted by atomic mass is 79.9. The number of benzene rings is 3. The number of ether oxygens (including phenoxy) is 3. The largest absolute Gasteiger partial charge is 0.495 e. The molecule has 3 rings (SSSR count). The number of carbonyl (C=O) groups excluding carboxylic acids is 2. The van der Waals surface area contributed by atoms with Crippen LogP contribution < -0.4 is 23.8 Å². The second-order valence-electron chi connectivity index (χ2n) is 9.99. The molecule has 10 nitrogen and oxygen atoms in total. The summed E-state index contributed by atoms with van der Waals surface area (Å²) >= 11 is 9.72. The minimum atomic E-state index is -4.43. The van der Waals surface area contributed by atoms with Gasteiger partial charge in [0, 0.05) is 28.1 Å². The van der Waals surface area contributed by atoms with Crippen LogP contribution in [0.4, 0.5) is 5.69 Å². The zero-order chi connectivity index (χ0) is 32.6. The van der Waals surface area contributed by atoms with Gasteiger partial charge in [0.05, 0.1) is 31.9 Å². The van der Waals surface area contributed by atoms with Gasteiger partial charge in [-0.2, -0.15) is 0 Å². The highest BCUT2D eigenvalue weighted by Crippen LogP contribution is 2.37. The molecule has 0 saturated carbocycles. The van der Waals surface area contributed by atoms with E-state index in [1.165, 1.54) is 56.6 Å². The van der Waals surface area contributed by atoms with E-state index in [0.29, 0.717) is 12.2 Å². The first-order valence-corrected chi connectivity index (χ1v) is 16.4. The quantitative estimate of drug-likeness (QED) is 0.230. The lowest BCUT2D eigenvalue weighted by Gasteiger charge is -2.33. The van der Waals surface area contributed by atoms with Gasteiger partial charge in [-0.3, -0.25) is 13.9 Å². The van der Waals surface area contributed by atoms with Crippen LogP contribution in [-0.4, -0.2) is 65.1 Å². The Balaban J connectivity index is 2.14. The van der Waals surface area contributed by atoms with Gasteiger partial charge in [0.1, 0.15) is 18.3 Å². The molecule has 44 heavy (non-hydrogen) atoms. The van der Waals surface area contributed by atoms with E-state index in [0.717, 1.165) is 14.3 Å². The molecule has 0 bridgehead atoms. The van der Waals surface area contributed by atoms with Gasteiger partial charge in [-0.25, -0.2) is 8.42 Å². The number of hydrogen-bond donors (Lipinski definition) is 1. The molecule has 0 saturated heterocycles. The molecule has 238 valence electrons. The fourth-order valence-corrected chi connectivity index (χ4v) is 6.17. The minimum absolute atomic E-state index is 0.0448. The Morgan fingerprint density at radius 1 is 0.909 bits per heavy atom. The third kappa shape index (κ3) is 8.36. The molecule has 0 unspecified atom stereocenters. The zero-order valence-corrected chi connectivity index (χ0v) is 28.6. The summed E-state index contributed by atoms with van der Waals surface area (Å²) in [5.41, 5.74) is 0.794. The lowest BCUT2D eigenvalue weighted by atomic mass is 10.1. The monoisotopic (exact) mass is 709 g/mol. The summed E-state index contributed by atoms with van der Waals surface area (Å²) in [7, 11) is -0.219. The van der Waals surface area contributed by atoms with E-state index in [4.69, 9.17) is 25.8 Å². The number of rotatable bonds is 14. The normalized spacial score (nSPS) is 12.5. The fraction of sp³-hybridized carbons (Fsp3) is 0.355. The van der Waals surface area contributed by atoms with E-state index in [1.54, 1.807) is 13.0 Å². The van der Waals surface area contributed by atoms with Crippen molar-refractivity contribution in [3.8, 4) is 17.2 Å². The average molecular weight is 711 g/mol. The number of amides is 2. The number of methoxy groups -OCH3 is 3. The van der Waals surface area contributed by atoms with Crippen LogP contribution in [0, 0.1) is 0 Å². The molecule has 0 aliphatic carbocycles. The van der Waals surface area contributed by atoms with Crippen LogP contribution in [0.25, 0.3) is 0 Å². The first-order chi connectivity index (χ1) is 20.9. The van der Waals surface area contributed by atoms with Crippen molar-refractivity contribution in [3.63, 3.8) is 0 Å². The predicted octanol–water partition coefficient (Wildman–Crippen LogP) is 5.66. The summed E-state index contributed by atoms with van der Waals surface area (Å²) in [4.78, 5) is 28.6. The van der Waals surface area contributed by atoms with E-state index in [2.05, 4.69) is 21.2 Å². The molecule has 13 heteroatoms. The van der Waals surface area contributed by atoms with Crippen molar-refractivity contribution in [3.05, 3.63) is 75.7 Å². The Morgan fingerprint density at radius 2 is 1.52 bits per heavy atom. The highest BCUT2D eigenvalue weighted by molar-refractivity contribution is 9.10. The van der Waals surface area contributed by atoms with Gasteiger partial charge >= 0.3 is 0 Å². The summed E-state index contributed by atoms with van der Waals surface area (Å²) in [6.07, 6.45) is 0.699. The first kappa shape index (κ1) is 35.0. The predicted molar refractivity (Wildman–Crippen MR) is 174 cm³/mol. The summed E-state index contributed by atoms with van der Waals surface area (Å²) in [5, 5.41) is 3.14. The Kier molecular flexibility index (Phi) is 12.3. The fourth-order valence-electron chi connectivity index (χ4n) is 4.31. The number of nitrogens with one attached hydrogen (secondary N) is 1. The van der Waals surface area contributed by atoms with Crippen molar-refractivity contribution in [2.24, 2.45) is 0 Å². The molecule has 2 amide bonds. The lowest BCUT2D eigenvalue weighted by Crippen LogP contribution is -2.52. The molecular formula is C31H37BrClN3O7S. The van der Waals surface area contributed by atoms with Crippen LogP contribution in [0.3, 0.4) is 0 Å². The summed E-state index contributed by atoms with van der Waals surface area (Å²) in [6, 6.07) is 14.8. The Labute approximate surface area is 272 Å². The van der Waals surface area contributed by atoms with E-state index in [-0.39, 0.29) is 45.6 Å². The minimum Gasteiger partial charge on any atom is -0.495 e. The third-order valence-electron chi connectivity index (χ3n) is 7.07. The van der Waals surface area contributed by atoms with Gasteiger partial charge in [0.15, 0.2) is 11.5 Å². The smallest absolute Gasteiger partial charge is 0.265 e. The molecule has 2 atom stereocenters. The van der Waals surface area contributed by atoms with E-state index in [9.17, 15) is 18.0 Å². The van der Waals surface area contributed by atoms with Gasteiger partial charge in [0.25, 0.3) is 10.0 Å². The van der Waals surface area contributed by atoms with Crippen LogP contribution >= 0.6 is 27.5 Å². The van der Waals surface area contributed by atoms with E-state index >= 15 is 0 Å². The van der Waals surface area contributed by atoms with Crippen LogP contribution in [0.2, 0.25) is 5.02 Å². The number of sulfonamides is 1. The number of nitrogens with zero attached hydrogens (tertiary/aromatic N) is 2. The number of carbonyl (C=O) groups is 2. The number of anilines is 1. The highest BCUT2D eigenvalue weighted by Gasteiger charge is 2.34. The topological polar surface area (TPSA) is 114 Å². The molecule has 0 radical (unpaired) electrons. The maximum absolute atomic E-state index is 14.3. The van der Waals surface area contributed by atoms with Gasteiger partial charge in [-0.1, -0.05) is 46.6 Å². The van der Waals surface area contributed by atoms with Gasteiger partial charge in [-0.05, 0) is 68.3 Å². The summed E-state index contributed by atoms with van der Waals surface area (Å²) in [5.74, 6) is -0.292. The van der Waals surface area contributed by atoms with Crippen molar-refractivity contribution in [1.29, 1.82) is 0 Å². The molecule has 0 aliphatic heterocycles. The maximum atomic E-state index is 14.3. The molecule has 1 N–H and O–H groups in total. The van der Waals surface area contributed by atoms with Crippen molar-refractivity contribution in [2.45, 2.75) is 50.7 Å². The molecule has 0 fully saturated rings. The van der Waals surface area contributed by atoms with E-state index in [1.807, 2.05) is 38.1 Å². The third-order valence-corrected chi connectivity index (χ3v) is 9.59. The first-order valence-electron chi connectivity index (χ1n) is 13.8. The molecule has 0 aliphatic rings. The van der Waals surface area contributed by atoms with Crippen molar-refractivity contribution in [1.82, 2.24) is 10.2 Å². The van der Waals surface area contributed by atoms with Crippen LogP contribution in [0.15, 0.2) is 70.0 Å². The summed E-state index contributed by atoms with van der Waals surface area (Å²) < 4.78 is 46.5. The average Bonchev–Trinajstić information content (AvgIpc) is 3.02. The molecule has 0 aromatic heterocycles. The second kappa shape index (κ2) is 15.5. The van der Waals surface area contributed by atoms with Crippen LogP contribution in [0.5, 0.6) is 17.2 Å². The van der Waals surface area contributed by atoms with Gasteiger partial charge in [-0.15, -0.1) is 0 Å². The maximum Gasteiger partial charge on any atom is 0.265 e. The number of halogens is 2. The van der Waals surface area contributed by atoms with Crippen molar-refractivity contribution >= 4 is 55.1 Å². The van der Waals surface area contributed by atoms with Gasteiger partial charge < -0.3 is 24.4 Å². The molecule has 3 aromatic rings. The Morgan fingerprint density at radius 3 is 2.11 bits per heavy atom. The zero-order valence-electron chi connectivity index (χ0n) is 25.5. The van der Waals surface area contributed by atoms with Gasteiger partial charge in [0.2, 0.25) is 11.8 Å². The Hall–Kier alpha value is -3.48. The van der Waals surface area contributed by atoms with Crippen LogP contribution in [0.1, 0.15) is 32.8 Å². The Bertz CT molecular complexity index is 1570. The lowest BCUT2D eigenvalue weighted by molar-refractivity contribution is -0.139. The van der Waals surface area contributed by atoms with Crippen molar-refractivity contribution < 1.29 is 32.2 Å². The summed E-state index contributed by atoms with van der Waals surface area (Å²) in [6.45, 7) is 4.81. The molecule has 3 aromatic carbocycles. The molecule has 0 spiro atoms. The van der Waals surface area contributed by atoms with E-state index < -0.39 is 28.5 Å². The standard InChI is InChI=1S/C31H37BrClN3O7S/c1-7-20(2)34-31(38)21(3)35(18-22-8-10-23(32)11-9-22)30(37)19-36(26-16-24(33)12-14-27(26)41-4)44(39,40)25-13-15-28(42-5)29(17-25)43-6/h8-17,20-21H,7,18-19H2,1-6H3,(H,34,38)/t20-,21-/m1/s1. The van der Waals surface area contributed by atoms with Crippen molar-refractivity contribution in [2.75, 3.05) is 32.2 Å². The SMILES string of the molecule is CC[C@@H](C)NC(=O)[C@@H](C)N(Cc1ccc(Br)cc1)C(=O)CN(c1cc(Cl)ccc1OC)S(=O)(=O)c1ccc(OC)c(OC)c1. The molecular weight excluding hydrogens is 674 g/mol. The molecule has 0 heterocycles. The second-order valence-corrected chi connectivity index (χ2v) is 13.2. The number of hydrogen-bond acceptors (Lipinski definition) is 7.